The fourth-order valence-electron chi connectivity index (χ4n) is 3.29. The number of aromatic nitrogens is 1. The maximum Gasteiger partial charge on any atom is 0.355 e. The van der Waals surface area contributed by atoms with Crippen LogP contribution in [0, 0.1) is 0 Å². The number of carbonyl (C=O) groups is 2. The number of hydrogen-bond donors (Lipinski definition) is 0. The van der Waals surface area contributed by atoms with Crippen LogP contribution in [0.4, 0.5) is 5.69 Å². The molecule has 0 unspecified atom stereocenters. The Kier molecular flexibility index (Phi) is 5.76. The van der Waals surface area contributed by atoms with E-state index in [0.29, 0.717) is 22.7 Å². The highest BCUT2D eigenvalue weighted by Gasteiger charge is 2.27. The number of hydrogen-bond acceptors (Lipinski definition) is 8. The van der Waals surface area contributed by atoms with Gasteiger partial charge < -0.3 is 23.5 Å². The summed E-state index contributed by atoms with van der Waals surface area (Å²) in [6.07, 6.45) is 6.51. The molecule has 0 spiro atoms. The van der Waals surface area contributed by atoms with Gasteiger partial charge in [0.25, 0.3) is 0 Å². The highest BCUT2D eigenvalue weighted by atomic mass is 16.5. The SMILES string of the molecule is COC(=O)C1=C(C(=O)OC)N(c2ccc3oc(-c4ccc(OC)cc4)nc3c2)C=CC=C1. The molecule has 2 aromatic carbocycles. The van der Waals surface area contributed by atoms with Gasteiger partial charge in [0.2, 0.25) is 5.89 Å². The van der Waals surface area contributed by atoms with E-state index in [-0.39, 0.29) is 11.3 Å². The van der Waals surface area contributed by atoms with Gasteiger partial charge in [-0.15, -0.1) is 0 Å². The molecular formula is C24H20N2O6. The molecule has 0 radical (unpaired) electrons. The highest BCUT2D eigenvalue weighted by molar-refractivity contribution is 6.05. The number of benzene rings is 2. The number of allylic oxidation sites excluding steroid dienone is 2. The zero-order valence-electron chi connectivity index (χ0n) is 17.7. The molecule has 1 aromatic heterocycles. The molecular weight excluding hydrogens is 412 g/mol. The lowest BCUT2D eigenvalue weighted by atomic mass is 10.1. The second-order valence-electron chi connectivity index (χ2n) is 6.72. The van der Waals surface area contributed by atoms with Crippen LogP contribution in [0.5, 0.6) is 5.75 Å². The normalized spacial score (nSPS) is 13.3. The van der Waals surface area contributed by atoms with Crippen molar-refractivity contribution in [3.8, 4) is 17.2 Å². The van der Waals surface area contributed by atoms with Crippen molar-refractivity contribution in [3.63, 3.8) is 0 Å². The van der Waals surface area contributed by atoms with E-state index in [1.165, 1.54) is 20.3 Å². The van der Waals surface area contributed by atoms with E-state index in [2.05, 4.69) is 4.98 Å². The Morgan fingerprint density at radius 1 is 0.938 bits per heavy atom. The van der Waals surface area contributed by atoms with E-state index in [4.69, 9.17) is 18.6 Å². The summed E-state index contributed by atoms with van der Waals surface area (Å²) < 4.78 is 20.9. The molecule has 1 aliphatic heterocycles. The second kappa shape index (κ2) is 8.81. The number of rotatable bonds is 5. The zero-order chi connectivity index (χ0) is 22.7. The van der Waals surface area contributed by atoms with Gasteiger partial charge in [0.05, 0.1) is 26.9 Å². The Labute approximate surface area is 184 Å². The lowest BCUT2D eigenvalue weighted by Gasteiger charge is -2.22. The third-order valence-electron chi connectivity index (χ3n) is 4.88. The topological polar surface area (TPSA) is 91.1 Å². The zero-order valence-corrected chi connectivity index (χ0v) is 17.7. The Bertz CT molecular complexity index is 1270. The lowest BCUT2D eigenvalue weighted by molar-refractivity contribution is -0.139. The van der Waals surface area contributed by atoms with Gasteiger partial charge in [-0.3, -0.25) is 0 Å². The molecule has 162 valence electrons. The molecule has 0 amide bonds. The van der Waals surface area contributed by atoms with Gasteiger partial charge in [-0.25, -0.2) is 14.6 Å². The van der Waals surface area contributed by atoms with Crippen molar-refractivity contribution >= 4 is 28.7 Å². The van der Waals surface area contributed by atoms with Gasteiger partial charge in [0.1, 0.15) is 17.0 Å². The third kappa shape index (κ3) is 3.85. The number of fused-ring (bicyclic) bond motifs is 1. The van der Waals surface area contributed by atoms with Gasteiger partial charge in [0, 0.05) is 17.5 Å². The molecule has 0 saturated carbocycles. The van der Waals surface area contributed by atoms with Crippen molar-refractivity contribution in [2.24, 2.45) is 0 Å². The summed E-state index contributed by atoms with van der Waals surface area (Å²) in [6, 6.07) is 12.6. The van der Waals surface area contributed by atoms with Gasteiger partial charge in [-0.2, -0.15) is 0 Å². The summed E-state index contributed by atoms with van der Waals surface area (Å²) in [5.41, 5.74) is 2.65. The Morgan fingerprint density at radius 2 is 1.69 bits per heavy atom. The summed E-state index contributed by atoms with van der Waals surface area (Å²) in [6.45, 7) is 0. The second-order valence-corrected chi connectivity index (χ2v) is 6.72. The van der Waals surface area contributed by atoms with Crippen molar-refractivity contribution in [1.29, 1.82) is 0 Å². The van der Waals surface area contributed by atoms with Crippen LogP contribution in [0.3, 0.4) is 0 Å². The predicted molar refractivity (Wildman–Crippen MR) is 118 cm³/mol. The average molecular weight is 432 g/mol. The highest BCUT2D eigenvalue weighted by Crippen LogP contribution is 2.31. The van der Waals surface area contributed by atoms with Gasteiger partial charge in [-0.05, 0) is 54.6 Å². The number of oxazole rings is 1. The van der Waals surface area contributed by atoms with Crippen molar-refractivity contribution < 1.29 is 28.2 Å². The van der Waals surface area contributed by atoms with Crippen LogP contribution in [-0.4, -0.2) is 38.3 Å². The molecule has 1 aliphatic rings. The van der Waals surface area contributed by atoms with Gasteiger partial charge in [0.15, 0.2) is 5.58 Å². The number of esters is 2. The van der Waals surface area contributed by atoms with Crippen LogP contribution in [0.1, 0.15) is 0 Å². The molecule has 4 rings (SSSR count). The van der Waals surface area contributed by atoms with Crippen LogP contribution < -0.4 is 9.64 Å². The van der Waals surface area contributed by atoms with E-state index in [1.807, 2.05) is 24.3 Å². The number of nitrogens with zero attached hydrogens (tertiary/aromatic N) is 2. The minimum absolute atomic E-state index is 0.0302. The van der Waals surface area contributed by atoms with Crippen molar-refractivity contribution in [1.82, 2.24) is 4.98 Å². The molecule has 0 N–H and O–H groups in total. The molecule has 0 bridgehead atoms. The summed E-state index contributed by atoms with van der Waals surface area (Å²) in [4.78, 5) is 31.0. The molecule has 0 aliphatic carbocycles. The molecule has 0 atom stereocenters. The Morgan fingerprint density at radius 3 is 2.38 bits per heavy atom. The summed E-state index contributed by atoms with van der Waals surface area (Å²) in [5.74, 6) is -0.149. The smallest absolute Gasteiger partial charge is 0.355 e. The largest absolute Gasteiger partial charge is 0.497 e. The molecule has 3 aromatic rings. The summed E-state index contributed by atoms with van der Waals surface area (Å²) in [5, 5.41) is 0. The first-order valence-corrected chi connectivity index (χ1v) is 9.65. The van der Waals surface area contributed by atoms with Crippen LogP contribution in [0.25, 0.3) is 22.6 Å². The molecule has 32 heavy (non-hydrogen) atoms. The van der Waals surface area contributed by atoms with Crippen LogP contribution in [0.2, 0.25) is 0 Å². The Balaban J connectivity index is 1.78. The first-order chi connectivity index (χ1) is 15.5. The Hall–Kier alpha value is -4.33. The van der Waals surface area contributed by atoms with E-state index in [1.54, 1.807) is 48.6 Å². The van der Waals surface area contributed by atoms with E-state index >= 15 is 0 Å². The number of ether oxygens (including phenoxy) is 3. The van der Waals surface area contributed by atoms with Crippen molar-refractivity contribution in [3.05, 3.63) is 78.2 Å². The van der Waals surface area contributed by atoms with E-state index in [0.717, 1.165) is 11.3 Å². The first kappa shape index (κ1) is 20.9. The monoisotopic (exact) mass is 432 g/mol. The van der Waals surface area contributed by atoms with E-state index < -0.39 is 11.9 Å². The van der Waals surface area contributed by atoms with Crippen molar-refractivity contribution in [2.45, 2.75) is 0 Å². The lowest BCUT2D eigenvalue weighted by Crippen LogP contribution is -2.26. The molecule has 8 nitrogen and oxygen atoms in total. The van der Waals surface area contributed by atoms with Gasteiger partial charge in [-0.1, -0.05) is 6.08 Å². The van der Waals surface area contributed by atoms with Crippen LogP contribution >= 0.6 is 0 Å². The fraction of sp³-hybridized carbons (Fsp3) is 0.125. The van der Waals surface area contributed by atoms with Crippen molar-refractivity contribution in [2.75, 3.05) is 26.2 Å². The minimum Gasteiger partial charge on any atom is -0.497 e. The van der Waals surface area contributed by atoms with Crippen LogP contribution in [0.15, 0.2) is 82.6 Å². The molecule has 0 fully saturated rings. The average Bonchev–Trinajstić information content (AvgIpc) is 3.14. The van der Waals surface area contributed by atoms with E-state index in [9.17, 15) is 9.59 Å². The third-order valence-corrected chi connectivity index (χ3v) is 4.88. The summed E-state index contributed by atoms with van der Waals surface area (Å²) in [7, 11) is 4.11. The maximum atomic E-state index is 12.6. The predicted octanol–water partition coefficient (Wildman–Crippen LogP) is 3.99. The fourth-order valence-corrected chi connectivity index (χ4v) is 3.29. The number of carbonyl (C=O) groups excluding carboxylic acids is 2. The maximum absolute atomic E-state index is 12.6. The summed E-state index contributed by atoms with van der Waals surface area (Å²) >= 11 is 0. The van der Waals surface area contributed by atoms with Crippen LogP contribution in [-0.2, 0) is 19.1 Å². The quantitative estimate of drug-likeness (QED) is 0.559. The standard InChI is InChI=1S/C24H20N2O6/c1-29-17-10-7-15(8-11-17)22-25-19-14-16(9-12-20(19)32-22)26-13-5-4-6-18(23(27)30-2)21(26)24(28)31-3/h4-14H,1-3H3. The first-order valence-electron chi connectivity index (χ1n) is 9.65. The number of methoxy groups -OCH3 is 3. The molecule has 8 heteroatoms. The molecule has 0 saturated heterocycles. The molecule has 2 heterocycles. The van der Waals surface area contributed by atoms with Gasteiger partial charge >= 0.3 is 11.9 Å². The number of anilines is 1. The minimum atomic E-state index is -0.680.